The third kappa shape index (κ3) is 1.49. The molecule has 0 aliphatic carbocycles. The second kappa shape index (κ2) is 3.23. The van der Waals surface area contributed by atoms with Crippen molar-refractivity contribution >= 4 is 0 Å². The first-order valence-corrected chi connectivity index (χ1v) is 3.79. The first-order chi connectivity index (χ1) is 6.40. The summed E-state index contributed by atoms with van der Waals surface area (Å²) < 4.78 is 14.9. The SMILES string of the molecule is N#COCc1ccc2c(c1)OCO2. The molecule has 0 amide bonds. The molecule has 4 heteroatoms. The minimum atomic E-state index is 0.262. The van der Waals surface area contributed by atoms with Crippen molar-refractivity contribution in [2.45, 2.75) is 6.61 Å². The second-order valence-electron chi connectivity index (χ2n) is 2.57. The fourth-order valence-electron chi connectivity index (χ4n) is 1.15. The van der Waals surface area contributed by atoms with Crippen molar-refractivity contribution in [2.75, 3.05) is 6.79 Å². The van der Waals surface area contributed by atoms with E-state index in [4.69, 9.17) is 14.7 Å². The van der Waals surface area contributed by atoms with E-state index in [1.54, 1.807) is 18.4 Å². The molecular formula is C9H7NO3. The van der Waals surface area contributed by atoms with Crippen LogP contribution in [0.5, 0.6) is 11.5 Å². The van der Waals surface area contributed by atoms with Crippen molar-refractivity contribution in [1.82, 2.24) is 0 Å². The molecule has 0 fully saturated rings. The third-order valence-electron chi connectivity index (χ3n) is 1.74. The average molecular weight is 177 g/mol. The van der Waals surface area contributed by atoms with Gasteiger partial charge in [0.1, 0.15) is 6.61 Å². The molecule has 66 valence electrons. The van der Waals surface area contributed by atoms with Gasteiger partial charge < -0.3 is 14.2 Å². The summed E-state index contributed by atoms with van der Waals surface area (Å²) in [5.41, 5.74) is 0.894. The predicted molar refractivity (Wildman–Crippen MR) is 43.0 cm³/mol. The molecule has 0 bridgehead atoms. The second-order valence-corrected chi connectivity index (χ2v) is 2.57. The maximum absolute atomic E-state index is 8.19. The lowest BCUT2D eigenvalue weighted by atomic mass is 10.2. The number of hydrogen-bond donors (Lipinski definition) is 0. The summed E-state index contributed by atoms with van der Waals surface area (Å²) in [7, 11) is 0. The van der Waals surface area contributed by atoms with E-state index < -0.39 is 0 Å². The van der Waals surface area contributed by atoms with Crippen LogP contribution in [-0.2, 0) is 11.3 Å². The smallest absolute Gasteiger partial charge is 0.286 e. The molecule has 0 spiro atoms. The highest BCUT2D eigenvalue weighted by molar-refractivity contribution is 5.44. The van der Waals surface area contributed by atoms with Crippen molar-refractivity contribution < 1.29 is 14.2 Å². The Bertz CT molecular complexity index is 356. The monoisotopic (exact) mass is 177 g/mol. The van der Waals surface area contributed by atoms with E-state index in [-0.39, 0.29) is 13.4 Å². The standard InChI is InChI=1S/C9H7NO3/c10-5-11-4-7-1-2-8-9(3-7)13-6-12-8/h1-3H,4,6H2. The van der Waals surface area contributed by atoms with Crippen LogP contribution < -0.4 is 9.47 Å². The Hall–Kier alpha value is -1.89. The van der Waals surface area contributed by atoms with Crippen LogP contribution in [-0.4, -0.2) is 6.79 Å². The van der Waals surface area contributed by atoms with E-state index >= 15 is 0 Å². The quantitative estimate of drug-likeness (QED) is 0.641. The fraction of sp³-hybridized carbons (Fsp3) is 0.222. The van der Waals surface area contributed by atoms with E-state index in [1.165, 1.54) is 0 Å². The summed E-state index contributed by atoms with van der Waals surface area (Å²) in [4.78, 5) is 0. The highest BCUT2D eigenvalue weighted by Crippen LogP contribution is 2.32. The number of ether oxygens (including phenoxy) is 3. The first-order valence-electron chi connectivity index (χ1n) is 3.79. The molecule has 1 aromatic carbocycles. The number of hydrogen-bond acceptors (Lipinski definition) is 4. The summed E-state index contributed by atoms with van der Waals surface area (Å²) in [5.74, 6) is 1.44. The molecule has 2 rings (SSSR count). The highest BCUT2D eigenvalue weighted by Gasteiger charge is 2.12. The topological polar surface area (TPSA) is 51.5 Å². The molecule has 1 aliphatic heterocycles. The maximum Gasteiger partial charge on any atom is 0.286 e. The molecule has 0 aromatic heterocycles. The van der Waals surface area contributed by atoms with Gasteiger partial charge in [-0.05, 0) is 17.7 Å². The van der Waals surface area contributed by atoms with E-state index in [0.717, 1.165) is 11.3 Å². The molecular weight excluding hydrogens is 170 g/mol. The van der Waals surface area contributed by atoms with Gasteiger partial charge in [-0.2, -0.15) is 5.26 Å². The molecule has 13 heavy (non-hydrogen) atoms. The highest BCUT2D eigenvalue weighted by atomic mass is 16.7. The normalized spacial score (nSPS) is 12.2. The number of nitriles is 1. The van der Waals surface area contributed by atoms with E-state index in [2.05, 4.69) is 4.74 Å². The van der Waals surface area contributed by atoms with Crippen LogP contribution in [0.1, 0.15) is 5.56 Å². The van der Waals surface area contributed by atoms with Gasteiger partial charge >= 0.3 is 0 Å². The summed E-state index contributed by atoms with van der Waals surface area (Å²) in [5, 5.41) is 8.19. The van der Waals surface area contributed by atoms with Gasteiger partial charge in [0.25, 0.3) is 6.26 Å². The summed E-state index contributed by atoms with van der Waals surface area (Å²) in [6.07, 6.45) is 1.61. The van der Waals surface area contributed by atoms with Gasteiger partial charge in [0.15, 0.2) is 11.5 Å². The first kappa shape index (κ1) is 7.74. The molecule has 0 saturated heterocycles. The average Bonchev–Trinajstić information content (AvgIpc) is 2.61. The van der Waals surface area contributed by atoms with Crippen LogP contribution in [0.15, 0.2) is 18.2 Å². The van der Waals surface area contributed by atoms with Gasteiger partial charge in [-0.15, -0.1) is 0 Å². The van der Waals surface area contributed by atoms with E-state index in [0.29, 0.717) is 5.75 Å². The maximum atomic E-state index is 8.19. The number of nitrogens with zero attached hydrogens (tertiary/aromatic N) is 1. The predicted octanol–water partition coefficient (Wildman–Crippen LogP) is 1.41. The summed E-state index contributed by atoms with van der Waals surface area (Å²) in [6, 6.07) is 5.45. The van der Waals surface area contributed by atoms with E-state index in [1.807, 2.05) is 6.07 Å². The zero-order valence-corrected chi connectivity index (χ0v) is 6.82. The van der Waals surface area contributed by atoms with Crippen LogP contribution in [0.2, 0.25) is 0 Å². The minimum absolute atomic E-state index is 0.262. The molecule has 0 radical (unpaired) electrons. The van der Waals surface area contributed by atoms with E-state index in [9.17, 15) is 0 Å². The van der Waals surface area contributed by atoms with Crippen molar-refractivity contribution in [2.24, 2.45) is 0 Å². The Labute approximate surface area is 75.3 Å². The van der Waals surface area contributed by atoms with Crippen LogP contribution in [0, 0.1) is 11.5 Å². The summed E-state index contributed by atoms with van der Waals surface area (Å²) in [6.45, 7) is 0.533. The van der Waals surface area contributed by atoms with Crippen molar-refractivity contribution in [3.8, 4) is 17.8 Å². The lowest BCUT2D eigenvalue weighted by Crippen LogP contribution is -1.93. The van der Waals surface area contributed by atoms with Crippen LogP contribution in [0.4, 0.5) is 0 Å². The molecule has 4 nitrogen and oxygen atoms in total. The van der Waals surface area contributed by atoms with Gasteiger partial charge in [0.05, 0.1) is 0 Å². The van der Waals surface area contributed by atoms with Crippen LogP contribution >= 0.6 is 0 Å². The summed E-state index contributed by atoms with van der Waals surface area (Å²) >= 11 is 0. The van der Waals surface area contributed by atoms with Crippen molar-refractivity contribution in [1.29, 1.82) is 5.26 Å². The molecule has 1 aliphatic rings. The zero-order valence-electron chi connectivity index (χ0n) is 6.82. The molecule has 0 saturated carbocycles. The molecule has 1 heterocycles. The van der Waals surface area contributed by atoms with Gasteiger partial charge in [-0.3, -0.25) is 0 Å². The Morgan fingerprint density at radius 2 is 2.23 bits per heavy atom. The Morgan fingerprint density at radius 1 is 1.38 bits per heavy atom. The van der Waals surface area contributed by atoms with Crippen molar-refractivity contribution in [3.05, 3.63) is 23.8 Å². The molecule has 1 aromatic rings. The number of benzene rings is 1. The van der Waals surface area contributed by atoms with Crippen LogP contribution in [0.3, 0.4) is 0 Å². The van der Waals surface area contributed by atoms with Crippen molar-refractivity contribution in [3.63, 3.8) is 0 Å². The fourth-order valence-corrected chi connectivity index (χ4v) is 1.15. The Morgan fingerprint density at radius 3 is 3.08 bits per heavy atom. The lowest BCUT2D eigenvalue weighted by Gasteiger charge is -1.99. The van der Waals surface area contributed by atoms with Gasteiger partial charge in [0.2, 0.25) is 6.79 Å². The Balaban J connectivity index is 2.17. The largest absolute Gasteiger partial charge is 0.454 e. The minimum Gasteiger partial charge on any atom is -0.454 e. The molecule has 0 atom stereocenters. The number of fused-ring (bicyclic) bond motifs is 1. The number of rotatable bonds is 2. The lowest BCUT2D eigenvalue weighted by molar-refractivity contribution is 0.174. The molecule has 0 unspecified atom stereocenters. The Kier molecular flexibility index (Phi) is 1.93. The van der Waals surface area contributed by atoms with Crippen LogP contribution in [0.25, 0.3) is 0 Å². The third-order valence-corrected chi connectivity index (χ3v) is 1.74. The molecule has 0 N–H and O–H groups in total. The zero-order chi connectivity index (χ0) is 9.10. The van der Waals surface area contributed by atoms with Gasteiger partial charge in [0, 0.05) is 0 Å². The van der Waals surface area contributed by atoms with Gasteiger partial charge in [-0.1, -0.05) is 6.07 Å². The van der Waals surface area contributed by atoms with Gasteiger partial charge in [-0.25, -0.2) is 0 Å².